The summed E-state index contributed by atoms with van der Waals surface area (Å²) >= 11 is 0. The summed E-state index contributed by atoms with van der Waals surface area (Å²) in [5.74, 6) is -0.200. The third-order valence-corrected chi connectivity index (χ3v) is 6.74. The van der Waals surface area contributed by atoms with E-state index < -0.39 is 10.0 Å². The lowest BCUT2D eigenvalue weighted by Gasteiger charge is -2.21. The maximum Gasteiger partial charge on any atom is 0.262 e. The smallest absolute Gasteiger partial charge is 0.262 e. The predicted octanol–water partition coefficient (Wildman–Crippen LogP) is 4.76. The predicted molar refractivity (Wildman–Crippen MR) is 127 cm³/mol. The minimum absolute atomic E-state index is 0.177. The van der Waals surface area contributed by atoms with Crippen LogP contribution >= 0.6 is 0 Å². The largest absolute Gasteiger partial charge is 0.337 e. The summed E-state index contributed by atoms with van der Waals surface area (Å²) in [6.07, 6.45) is 3.36. The molecule has 7 heteroatoms. The number of amides is 1. The molecule has 168 valence electrons. The van der Waals surface area contributed by atoms with Crippen LogP contribution in [0.3, 0.4) is 0 Å². The third-order valence-electron chi connectivity index (χ3n) is 5.22. The molecule has 0 bridgehead atoms. The molecule has 2 aromatic carbocycles. The number of nitrogens with one attached hydrogen (secondary N) is 1. The Morgan fingerprint density at radius 3 is 2.38 bits per heavy atom. The molecule has 0 radical (unpaired) electrons. The van der Waals surface area contributed by atoms with Crippen molar-refractivity contribution in [2.75, 3.05) is 11.8 Å². The molecular weight excluding hydrogens is 422 g/mol. The SMILES string of the molecule is Cc1ccc(C(C)(C)C)cc1S(=O)(=O)Nc1cccc(C(=O)N(C)Cc2ccncc2)c1. The van der Waals surface area contributed by atoms with Crippen LogP contribution in [0.5, 0.6) is 0 Å². The highest BCUT2D eigenvalue weighted by molar-refractivity contribution is 7.92. The molecule has 1 aromatic heterocycles. The summed E-state index contributed by atoms with van der Waals surface area (Å²) in [5, 5.41) is 0. The Kier molecular flexibility index (Phi) is 6.69. The fraction of sp³-hybridized carbons (Fsp3) is 0.280. The van der Waals surface area contributed by atoms with E-state index in [4.69, 9.17) is 0 Å². The first-order valence-corrected chi connectivity index (χ1v) is 11.8. The second-order valence-electron chi connectivity index (χ2n) is 8.93. The number of carbonyl (C=O) groups excluding carboxylic acids is 1. The lowest BCUT2D eigenvalue weighted by molar-refractivity contribution is 0.0785. The molecule has 1 heterocycles. The Bertz CT molecular complexity index is 1220. The van der Waals surface area contributed by atoms with Gasteiger partial charge >= 0.3 is 0 Å². The Balaban J connectivity index is 1.83. The van der Waals surface area contributed by atoms with E-state index >= 15 is 0 Å². The maximum absolute atomic E-state index is 13.1. The van der Waals surface area contributed by atoms with E-state index in [0.717, 1.165) is 11.1 Å². The lowest BCUT2D eigenvalue weighted by atomic mass is 9.87. The van der Waals surface area contributed by atoms with E-state index in [1.807, 2.05) is 45.0 Å². The molecule has 0 atom stereocenters. The minimum Gasteiger partial charge on any atom is -0.337 e. The number of anilines is 1. The van der Waals surface area contributed by atoms with Gasteiger partial charge in [0, 0.05) is 37.2 Å². The van der Waals surface area contributed by atoms with Crippen molar-refractivity contribution in [3.63, 3.8) is 0 Å². The van der Waals surface area contributed by atoms with Crippen molar-refractivity contribution in [2.45, 2.75) is 44.6 Å². The van der Waals surface area contributed by atoms with E-state index in [9.17, 15) is 13.2 Å². The van der Waals surface area contributed by atoms with Crippen LogP contribution in [-0.2, 0) is 22.0 Å². The summed E-state index contributed by atoms with van der Waals surface area (Å²) in [5.41, 5.74) is 3.13. The van der Waals surface area contributed by atoms with Crippen molar-refractivity contribution >= 4 is 21.6 Å². The molecule has 0 spiro atoms. The highest BCUT2D eigenvalue weighted by Gasteiger charge is 2.22. The van der Waals surface area contributed by atoms with Crippen molar-refractivity contribution in [3.8, 4) is 0 Å². The van der Waals surface area contributed by atoms with Gasteiger partial charge in [-0.3, -0.25) is 14.5 Å². The minimum atomic E-state index is -3.82. The van der Waals surface area contributed by atoms with Crippen molar-refractivity contribution < 1.29 is 13.2 Å². The van der Waals surface area contributed by atoms with Crippen LogP contribution in [0.25, 0.3) is 0 Å². The van der Waals surface area contributed by atoms with Crippen LogP contribution in [0.1, 0.15) is 47.8 Å². The summed E-state index contributed by atoms with van der Waals surface area (Å²) in [4.78, 5) is 18.7. The van der Waals surface area contributed by atoms with Crippen LogP contribution < -0.4 is 4.72 Å². The second-order valence-corrected chi connectivity index (χ2v) is 10.6. The standard InChI is InChI=1S/C25H29N3O3S/c1-18-9-10-21(25(2,3)4)16-23(18)32(30,31)27-22-8-6-7-20(15-22)24(29)28(5)17-19-11-13-26-14-12-19/h6-16,27H,17H2,1-5H3. The van der Waals surface area contributed by atoms with Crippen molar-refractivity contribution in [2.24, 2.45) is 0 Å². The van der Waals surface area contributed by atoms with Gasteiger partial charge in [0.25, 0.3) is 15.9 Å². The zero-order chi connectivity index (χ0) is 23.5. The number of hydrogen-bond donors (Lipinski definition) is 1. The number of sulfonamides is 1. The van der Waals surface area contributed by atoms with Gasteiger partial charge in [-0.2, -0.15) is 0 Å². The first-order chi connectivity index (χ1) is 15.0. The molecule has 32 heavy (non-hydrogen) atoms. The van der Waals surface area contributed by atoms with Gasteiger partial charge < -0.3 is 4.90 Å². The van der Waals surface area contributed by atoms with Crippen molar-refractivity contribution in [3.05, 3.63) is 89.2 Å². The lowest BCUT2D eigenvalue weighted by Crippen LogP contribution is -2.26. The highest BCUT2D eigenvalue weighted by atomic mass is 32.2. The number of nitrogens with zero attached hydrogens (tertiary/aromatic N) is 2. The molecule has 0 fully saturated rings. The second kappa shape index (κ2) is 9.12. The fourth-order valence-corrected chi connectivity index (χ4v) is 4.66. The quantitative estimate of drug-likeness (QED) is 0.586. The molecule has 0 saturated carbocycles. The van der Waals surface area contributed by atoms with Crippen LogP contribution in [0, 0.1) is 6.92 Å². The van der Waals surface area contributed by atoms with E-state index in [0.29, 0.717) is 23.4 Å². The molecule has 0 saturated heterocycles. The molecule has 3 rings (SSSR count). The van der Waals surface area contributed by atoms with E-state index in [-0.39, 0.29) is 16.2 Å². The average Bonchev–Trinajstić information content (AvgIpc) is 2.73. The molecule has 1 N–H and O–H groups in total. The summed E-state index contributed by atoms with van der Waals surface area (Å²) in [6.45, 7) is 8.32. The number of benzene rings is 2. The maximum atomic E-state index is 13.1. The number of carbonyl (C=O) groups is 1. The topological polar surface area (TPSA) is 79.4 Å². The molecule has 3 aromatic rings. The average molecular weight is 452 g/mol. The zero-order valence-corrected chi connectivity index (χ0v) is 19.9. The molecule has 0 aliphatic carbocycles. The van der Waals surface area contributed by atoms with Gasteiger partial charge in [-0.1, -0.05) is 39.0 Å². The van der Waals surface area contributed by atoms with Crippen LogP contribution in [-0.4, -0.2) is 31.3 Å². The third kappa shape index (κ3) is 5.53. The zero-order valence-electron chi connectivity index (χ0n) is 19.1. The van der Waals surface area contributed by atoms with Gasteiger partial charge in [-0.15, -0.1) is 0 Å². The van der Waals surface area contributed by atoms with Crippen LogP contribution in [0.15, 0.2) is 71.9 Å². The molecule has 1 amide bonds. The first kappa shape index (κ1) is 23.5. The Morgan fingerprint density at radius 2 is 1.72 bits per heavy atom. The summed E-state index contributed by atoms with van der Waals surface area (Å²) < 4.78 is 28.9. The summed E-state index contributed by atoms with van der Waals surface area (Å²) in [6, 6.07) is 15.7. The molecule has 6 nitrogen and oxygen atoms in total. The van der Waals surface area contributed by atoms with Crippen molar-refractivity contribution in [1.29, 1.82) is 0 Å². The van der Waals surface area contributed by atoms with Gasteiger partial charge in [0.05, 0.1) is 4.90 Å². The van der Waals surface area contributed by atoms with Gasteiger partial charge in [-0.05, 0) is 65.4 Å². The molecule has 0 aliphatic rings. The Hall–Kier alpha value is -3.19. The molecule has 0 unspecified atom stereocenters. The first-order valence-electron chi connectivity index (χ1n) is 10.4. The van der Waals surface area contributed by atoms with E-state index in [2.05, 4.69) is 9.71 Å². The normalized spacial score (nSPS) is 11.8. The van der Waals surface area contributed by atoms with Crippen LogP contribution in [0.4, 0.5) is 5.69 Å². The van der Waals surface area contributed by atoms with Gasteiger partial charge in [-0.25, -0.2) is 8.42 Å². The Labute approximate surface area is 190 Å². The van der Waals surface area contributed by atoms with E-state index in [1.54, 1.807) is 61.6 Å². The molecule has 0 aliphatic heterocycles. The van der Waals surface area contributed by atoms with Gasteiger partial charge in [0.1, 0.15) is 0 Å². The number of aromatic nitrogens is 1. The molecular formula is C25H29N3O3S. The van der Waals surface area contributed by atoms with Gasteiger partial charge in [0.2, 0.25) is 0 Å². The highest BCUT2D eigenvalue weighted by Crippen LogP contribution is 2.28. The van der Waals surface area contributed by atoms with Crippen LogP contribution in [0.2, 0.25) is 0 Å². The fourth-order valence-electron chi connectivity index (χ4n) is 3.34. The number of hydrogen-bond acceptors (Lipinski definition) is 4. The summed E-state index contributed by atoms with van der Waals surface area (Å²) in [7, 11) is -2.11. The monoisotopic (exact) mass is 451 g/mol. The van der Waals surface area contributed by atoms with Crippen molar-refractivity contribution in [1.82, 2.24) is 9.88 Å². The van der Waals surface area contributed by atoms with Gasteiger partial charge in [0.15, 0.2) is 0 Å². The van der Waals surface area contributed by atoms with E-state index in [1.165, 1.54) is 0 Å². The number of rotatable bonds is 6. The number of aryl methyl sites for hydroxylation is 1. The number of pyridine rings is 1. The Morgan fingerprint density at radius 1 is 1.03 bits per heavy atom.